The summed E-state index contributed by atoms with van der Waals surface area (Å²) in [4.78, 5) is 24.2. The van der Waals surface area contributed by atoms with Gasteiger partial charge in [0.2, 0.25) is 0 Å². The minimum absolute atomic E-state index is 0.00139. The molecule has 0 unspecified atom stereocenters. The van der Waals surface area contributed by atoms with Crippen LogP contribution in [0, 0.1) is 22.7 Å². The van der Waals surface area contributed by atoms with Crippen LogP contribution >= 0.6 is 0 Å². The SMILES string of the molecule is C=C[C@](C)(O)CC[C@@H]1[C@]2(C)CC(=O)O[C@]1(C)CC[C@@H]2C(C)(C)C(=O)O. The zero-order chi connectivity index (χ0) is 19.3. The first kappa shape index (κ1) is 20.0. The van der Waals surface area contributed by atoms with E-state index in [4.69, 9.17) is 4.74 Å². The van der Waals surface area contributed by atoms with Gasteiger partial charge in [0.05, 0.1) is 17.4 Å². The van der Waals surface area contributed by atoms with E-state index in [1.165, 1.54) is 6.08 Å². The number of hydrogen-bond acceptors (Lipinski definition) is 4. The molecule has 2 bridgehead atoms. The molecule has 2 rings (SSSR count). The third kappa shape index (κ3) is 3.35. The van der Waals surface area contributed by atoms with E-state index < -0.39 is 28.0 Å². The standard InChI is InChI=1S/C20H32O5/c1-7-18(4,24)10-8-14-19(5)12-15(21)25-20(14,6)11-9-13(19)17(2,3)16(22)23/h7,13-14,24H,1,8-12H2,2-6H3,(H,22,23)/t13-,14-,18+,19-,20-/m1/s1. The molecule has 25 heavy (non-hydrogen) atoms. The lowest BCUT2D eigenvalue weighted by Crippen LogP contribution is -2.62. The highest BCUT2D eigenvalue weighted by Gasteiger charge is 2.63. The van der Waals surface area contributed by atoms with Crippen LogP contribution in [0.2, 0.25) is 0 Å². The van der Waals surface area contributed by atoms with Crippen molar-refractivity contribution in [3.05, 3.63) is 12.7 Å². The number of carboxylic acid groups (broad SMARTS) is 1. The van der Waals surface area contributed by atoms with Gasteiger partial charge in [0, 0.05) is 5.92 Å². The highest BCUT2D eigenvalue weighted by atomic mass is 16.6. The third-order valence-electron chi connectivity index (χ3n) is 6.93. The van der Waals surface area contributed by atoms with E-state index in [-0.39, 0.29) is 24.2 Å². The summed E-state index contributed by atoms with van der Waals surface area (Å²) in [5.74, 6) is -1.21. The Balaban J connectivity index is 2.43. The summed E-state index contributed by atoms with van der Waals surface area (Å²) in [7, 11) is 0. The van der Waals surface area contributed by atoms with Gasteiger partial charge in [-0.1, -0.05) is 13.0 Å². The topological polar surface area (TPSA) is 83.8 Å². The van der Waals surface area contributed by atoms with Gasteiger partial charge in [-0.15, -0.1) is 6.58 Å². The Labute approximate surface area is 150 Å². The van der Waals surface area contributed by atoms with E-state index in [2.05, 4.69) is 6.58 Å². The van der Waals surface area contributed by atoms with Crippen molar-refractivity contribution in [2.45, 2.75) is 77.9 Å². The van der Waals surface area contributed by atoms with Gasteiger partial charge < -0.3 is 14.9 Å². The van der Waals surface area contributed by atoms with Crippen LogP contribution in [-0.4, -0.2) is 33.4 Å². The molecule has 5 atom stereocenters. The van der Waals surface area contributed by atoms with Crippen LogP contribution in [0.1, 0.15) is 66.7 Å². The summed E-state index contributed by atoms with van der Waals surface area (Å²) in [5, 5.41) is 20.1. The van der Waals surface area contributed by atoms with Crippen LogP contribution in [0.3, 0.4) is 0 Å². The van der Waals surface area contributed by atoms with Gasteiger partial charge in [0.15, 0.2) is 0 Å². The van der Waals surface area contributed by atoms with E-state index in [0.29, 0.717) is 25.7 Å². The van der Waals surface area contributed by atoms with Crippen molar-refractivity contribution in [1.29, 1.82) is 0 Å². The minimum atomic E-state index is -0.986. The maximum atomic E-state index is 12.3. The maximum Gasteiger partial charge on any atom is 0.309 e. The monoisotopic (exact) mass is 352 g/mol. The molecule has 2 fully saturated rings. The molecule has 1 saturated carbocycles. The van der Waals surface area contributed by atoms with Crippen molar-refractivity contribution >= 4 is 11.9 Å². The normalized spacial score (nSPS) is 37.8. The molecular weight excluding hydrogens is 320 g/mol. The van der Waals surface area contributed by atoms with Crippen molar-refractivity contribution in [3.8, 4) is 0 Å². The molecule has 1 saturated heterocycles. The molecule has 142 valence electrons. The Hall–Kier alpha value is -1.36. The van der Waals surface area contributed by atoms with Crippen LogP contribution in [0.15, 0.2) is 12.7 Å². The summed E-state index contributed by atoms with van der Waals surface area (Å²) >= 11 is 0. The molecule has 2 aliphatic rings. The second-order valence-electron chi connectivity index (χ2n) is 9.24. The van der Waals surface area contributed by atoms with Crippen molar-refractivity contribution in [1.82, 2.24) is 0 Å². The highest BCUT2D eigenvalue weighted by molar-refractivity contribution is 5.76. The molecule has 0 spiro atoms. The average Bonchev–Trinajstić information content (AvgIpc) is 2.44. The van der Waals surface area contributed by atoms with Gasteiger partial charge in [-0.3, -0.25) is 9.59 Å². The summed E-state index contributed by atoms with van der Waals surface area (Å²) in [6, 6.07) is 0. The van der Waals surface area contributed by atoms with E-state index in [9.17, 15) is 19.8 Å². The molecule has 0 aromatic rings. The number of aliphatic hydroxyl groups is 1. The van der Waals surface area contributed by atoms with Gasteiger partial charge in [0.25, 0.3) is 0 Å². The van der Waals surface area contributed by atoms with Gasteiger partial charge in [-0.25, -0.2) is 0 Å². The van der Waals surface area contributed by atoms with E-state index in [0.717, 1.165) is 0 Å². The number of fused-ring (bicyclic) bond motifs is 2. The smallest absolute Gasteiger partial charge is 0.309 e. The molecule has 5 heteroatoms. The van der Waals surface area contributed by atoms with Crippen molar-refractivity contribution < 1.29 is 24.5 Å². The molecule has 0 amide bonds. The Morgan fingerprint density at radius 2 is 2.00 bits per heavy atom. The molecule has 0 aromatic heterocycles. The predicted octanol–water partition coefficient (Wildman–Crippen LogP) is 3.55. The summed E-state index contributed by atoms with van der Waals surface area (Å²) in [5.41, 5.74) is -2.99. The number of carbonyl (C=O) groups is 2. The maximum absolute atomic E-state index is 12.3. The number of rotatable bonds is 6. The predicted molar refractivity (Wildman–Crippen MR) is 94.9 cm³/mol. The lowest BCUT2D eigenvalue weighted by Gasteiger charge is -2.61. The average molecular weight is 352 g/mol. The number of ether oxygens (including phenoxy) is 1. The summed E-state index contributed by atoms with van der Waals surface area (Å²) < 4.78 is 5.75. The Kier molecular flexibility index (Phi) is 4.88. The van der Waals surface area contributed by atoms with Crippen LogP contribution in [-0.2, 0) is 14.3 Å². The number of aliphatic carboxylic acids is 1. The summed E-state index contributed by atoms with van der Waals surface area (Å²) in [6.45, 7) is 12.9. The molecule has 2 N–H and O–H groups in total. The van der Waals surface area contributed by atoms with Gasteiger partial charge in [-0.05, 0) is 64.7 Å². The van der Waals surface area contributed by atoms with Gasteiger partial charge in [-0.2, -0.15) is 0 Å². The Morgan fingerprint density at radius 3 is 2.52 bits per heavy atom. The lowest BCUT2D eigenvalue weighted by molar-refractivity contribution is -0.227. The first-order valence-electron chi connectivity index (χ1n) is 9.10. The van der Waals surface area contributed by atoms with Gasteiger partial charge in [0.1, 0.15) is 5.60 Å². The first-order valence-corrected chi connectivity index (χ1v) is 9.10. The van der Waals surface area contributed by atoms with Crippen LogP contribution in [0.25, 0.3) is 0 Å². The molecule has 1 aliphatic heterocycles. The molecule has 0 radical (unpaired) electrons. The Morgan fingerprint density at radius 1 is 1.40 bits per heavy atom. The number of carbonyl (C=O) groups excluding carboxylic acids is 1. The quantitative estimate of drug-likeness (QED) is 0.564. The molecule has 5 nitrogen and oxygen atoms in total. The molecule has 0 aromatic carbocycles. The minimum Gasteiger partial charge on any atom is -0.481 e. The van der Waals surface area contributed by atoms with E-state index in [1.54, 1.807) is 20.8 Å². The zero-order valence-corrected chi connectivity index (χ0v) is 16.1. The molecule has 1 aliphatic carbocycles. The first-order chi connectivity index (χ1) is 11.3. The lowest BCUT2D eigenvalue weighted by atomic mass is 9.47. The second-order valence-corrected chi connectivity index (χ2v) is 9.24. The van der Waals surface area contributed by atoms with Crippen LogP contribution in [0.5, 0.6) is 0 Å². The van der Waals surface area contributed by atoms with Crippen molar-refractivity contribution in [2.75, 3.05) is 0 Å². The third-order valence-corrected chi connectivity index (χ3v) is 6.93. The van der Waals surface area contributed by atoms with E-state index >= 15 is 0 Å². The molecular formula is C20H32O5. The number of esters is 1. The second kappa shape index (κ2) is 6.11. The van der Waals surface area contributed by atoms with Crippen LogP contribution in [0.4, 0.5) is 0 Å². The van der Waals surface area contributed by atoms with Gasteiger partial charge >= 0.3 is 11.9 Å². The highest BCUT2D eigenvalue weighted by Crippen LogP contribution is 2.62. The largest absolute Gasteiger partial charge is 0.481 e. The molecule has 1 heterocycles. The fourth-order valence-corrected chi connectivity index (χ4v) is 5.36. The van der Waals surface area contributed by atoms with Crippen molar-refractivity contribution in [2.24, 2.45) is 22.7 Å². The Bertz CT molecular complexity index is 579. The number of hydrogen-bond donors (Lipinski definition) is 2. The summed E-state index contributed by atoms with van der Waals surface area (Å²) in [6.07, 6.45) is 4.28. The van der Waals surface area contributed by atoms with Crippen molar-refractivity contribution in [3.63, 3.8) is 0 Å². The fourth-order valence-electron chi connectivity index (χ4n) is 5.36. The zero-order valence-electron chi connectivity index (χ0n) is 16.1. The fraction of sp³-hybridized carbons (Fsp3) is 0.800. The van der Waals surface area contributed by atoms with Crippen LogP contribution < -0.4 is 0 Å². The van der Waals surface area contributed by atoms with E-state index in [1.807, 2.05) is 13.8 Å². The number of carboxylic acids is 1.